The van der Waals surface area contributed by atoms with Gasteiger partial charge in [0.1, 0.15) is 5.82 Å². The number of nitrogens with zero attached hydrogens (tertiary/aromatic N) is 1. The van der Waals surface area contributed by atoms with Crippen molar-refractivity contribution in [2.45, 2.75) is 19.4 Å². The fraction of sp³-hybridized carbons (Fsp3) is 0.417. The van der Waals surface area contributed by atoms with Gasteiger partial charge in [-0.1, -0.05) is 15.9 Å². The summed E-state index contributed by atoms with van der Waals surface area (Å²) < 4.78 is 14.1. The molecule has 0 radical (unpaired) electrons. The van der Waals surface area contributed by atoms with Gasteiger partial charge in [0.15, 0.2) is 0 Å². The van der Waals surface area contributed by atoms with Crippen LogP contribution in [0.15, 0.2) is 22.7 Å². The zero-order chi connectivity index (χ0) is 13.0. The summed E-state index contributed by atoms with van der Waals surface area (Å²) in [7, 11) is 1.59. The maximum absolute atomic E-state index is 13.5. The highest BCUT2D eigenvalue weighted by atomic mass is 79.9. The molecule has 1 rings (SSSR count). The van der Waals surface area contributed by atoms with Crippen molar-refractivity contribution in [2.24, 2.45) is 0 Å². The standard InChI is InChI=1S/C12H15BrFNO2/c1-8(16)5-6-15(2)12(17)10-4-3-9(13)7-11(10)14/h3-4,7-8,16H,5-6H2,1-2H3. The van der Waals surface area contributed by atoms with E-state index in [1.807, 2.05) is 0 Å². The summed E-state index contributed by atoms with van der Waals surface area (Å²) in [6.45, 7) is 2.05. The topological polar surface area (TPSA) is 40.5 Å². The van der Waals surface area contributed by atoms with Crippen LogP contribution in [0.2, 0.25) is 0 Å². The first-order chi connectivity index (χ1) is 7.91. The predicted molar refractivity (Wildman–Crippen MR) is 67.4 cm³/mol. The number of carbonyl (C=O) groups is 1. The molecule has 1 amide bonds. The molecule has 1 aromatic carbocycles. The Morgan fingerprint density at radius 1 is 1.59 bits per heavy atom. The van der Waals surface area contributed by atoms with Gasteiger partial charge in [-0.15, -0.1) is 0 Å². The van der Waals surface area contributed by atoms with Crippen LogP contribution < -0.4 is 0 Å². The van der Waals surface area contributed by atoms with Crippen molar-refractivity contribution in [3.63, 3.8) is 0 Å². The molecule has 1 atom stereocenters. The van der Waals surface area contributed by atoms with Gasteiger partial charge in [-0.05, 0) is 31.5 Å². The smallest absolute Gasteiger partial charge is 0.256 e. The van der Waals surface area contributed by atoms with Crippen LogP contribution in [0.3, 0.4) is 0 Å². The molecule has 0 aromatic heterocycles. The van der Waals surface area contributed by atoms with Crippen LogP contribution in [0, 0.1) is 5.82 Å². The highest BCUT2D eigenvalue weighted by Gasteiger charge is 2.16. The molecular weight excluding hydrogens is 289 g/mol. The maximum Gasteiger partial charge on any atom is 0.256 e. The molecule has 5 heteroatoms. The molecule has 0 bridgehead atoms. The number of amides is 1. The van der Waals surface area contributed by atoms with Crippen LogP contribution in [0.5, 0.6) is 0 Å². The number of hydrogen-bond acceptors (Lipinski definition) is 2. The lowest BCUT2D eigenvalue weighted by Crippen LogP contribution is -2.30. The second-order valence-electron chi connectivity index (χ2n) is 3.99. The van der Waals surface area contributed by atoms with Crippen molar-refractivity contribution in [3.05, 3.63) is 34.1 Å². The first kappa shape index (κ1) is 14.1. The maximum atomic E-state index is 13.5. The van der Waals surface area contributed by atoms with Crippen LogP contribution >= 0.6 is 15.9 Å². The summed E-state index contributed by atoms with van der Waals surface area (Å²) >= 11 is 3.13. The molecule has 0 saturated heterocycles. The zero-order valence-electron chi connectivity index (χ0n) is 9.78. The third-order valence-electron chi connectivity index (χ3n) is 2.39. The fourth-order valence-electron chi connectivity index (χ4n) is 1.35. The Morgan fingerprint density at radius 3 is 2.76 bits per heavy atom. The quantitative estimate of drug-likeness (QED) is 0.928. The number of hydrogen-bond donors (Lipinski definition) is 1. The van der Waals surface area contributed by atoms with E-state index >= 15 is 0 Å². The largest absolute Gasteiger partial charge is 0.393 e. The van der Waals surface area contributed by atoms with Crippen molar-refractivity contribution in [3.8, 4) is 0 Å². The predicted octanol–water partition coefficient (Wildman–Crippen LogP) is 2.43. The molecule has 94 valence electrons. The third-order valence-corrected chi connectivity index (χ3v) is 2.88. The monoisotopic (exact) mass is 303 g/mol. The molecule has 1 N–H and O–H groups in total. The third kappa shape index (κ3) is 4.09. The number of rotatable bonds is 4. The molecule has 0 aliphatic heterocycles. The van der Waals surface area contributed by atoms with Crippen molar-refractivity contribution in [2.75, 3.05) is 13.6 Å². The summed E-state index contributed by atoms with van der Waals surface area (Å²) in [5, 5.41) is 9.13. The first-order valence-corrected chi connectivity index (χ1v) is 6.09. The van der Waals surface area contributed by atoms with E-state index in [9.17, 15) is 9.18 Å². The molecule has 0 saturated carbocycles. The molecule has 0 aliphatic carbocycles. The average Bonchev–Trinajstić information content (AvgIpc) is 2.25. The molecule has 1 unspecified atom stereocenters. The normalized spacial score (nSPS) is 12.3. The van der Waals surface area contributed by atoms with E-state index in [0.29, 0.717) is 17.4 Å². The summed E-state index contributed by atoms with van der Waals surface area (Å²) in [4.78, 5) is 13.3. The Kier molecular flexibility index (Phi) is 5.08. The van der Waals surface area contributed by atoms with Crippen molar-refractivity contribution in [1.82, 2.24) is 4.90 Å². The molecule has 0 aliphatic rings. The number of carbonyl (C=O) groups excluding carboxylic acids is 1. The van der Waals surface area contributed by atoms with Gasteiger partial charge < -0.3 is 10.0 Å². The summed E-state index contributed by atoms with van der Waals surface area (Å²) in [6, 6.07) is 4.33. The van der Waals surface area contributed by atoms with Gasteiger partial charge in [-0.3, -0.25) is 4.79 Å². The Labute approximate surface area is 108 Å². The van der Waals surface area contributed by atoms with Gasteiger partial charge in [0.2, 0.25) is 0 Å². The van der Waals surface area contributed by atoms with E-state index in [-0.39, 0.29) is 11.5 Å². The van der Waals surface area contributed by atoms with Crippen LogP contribution in [0.25, 0.3) is 0 Å². The number of halogens is 2. The number of aliphatic hydroxyl groups is 1. The van der Waals surface area contributed by atoms with Gasteiger partial charge in [-0.2, -0.15) is 0 Å². The Hall–Kier alpha value is -0.940. The molecule has 0 spiro atoms. The Balaban J connectivity index is 2.75. The molecule has 3 nitrogen and oxygen atoms in total. The summed E-state index contributed by atoms with van der Waals surface area (Å²) in [5.41, 5.74) is 0.0429. The second-order valence-corrected chi connectivity index (χ2v) is 4.90. The lowest BCUT2D eigenvalue weighted by atomic mass is 10.2. The van der Waals surface area contributed by atoms with E-state index in [1.54, 1.807) is 20.0 Å². The number of aliphatic hydroxyl groups excluding tert-OH is 1. The van der Waals surface area contributed by atoms with Crippen LogP contribution in [-0.2, 0) is 0 Å². The Morgan fingerprint density at radius 2 is 2.24 bits per heavy atom. The molecule has 0 heterocycles. The van der Waals surface area contributed by atoms with E-state index in [1.165, 1.54) is 17.0 Å². The Bertz CT molecular complexity index is 409. The highest BCUT2D eigenvalue weighted by Crippen LogP contribution is 2.16. The summed E-state index contributed by atoms with van der Waals surface area (Å²) in [5.74, 6) is -0.927. The lowest BCUT2D eigenvalue weighted by molar-refractivity contribution is 0.0764. The SMILES string of the molecule is CC(O)CCN(C)C(=O)c1ccc(Br)cc1F. The fourth-order valence-corrected chi connectivity index (χ4v) is 1.68. The van der Waals surface area contributed by atoms with E-state index in [0.717, 1.165) is 0 Å². The van der Waals surface area contributed by atoms with Crippen molar-refractivity contribution >= 4 is 21.8 Å². The van der Waals surface area contributed by atoms with E-state index in [4.69, 9.17) is 5.11 Å². The van der Waals surface area contributed by atoms with E-state index in [2.05, 4.69) is 15.9 Å². The molecule has 17 heavy (non-hydrogen) atoms. The highest BCUT2D eigenvalue weighted by molar-refractivity contribution is 9.10. The first-order valence-electron chi connectivity index (χ1n) is 5.30. The summed E-state index contributed by atoms with van der Waals surface area (Å²) in [6.07, 6.45) is 0.000398. The van der Waals surface area contributed by atoms with Gasteiger partial charge in [0.25, 0.3) is 5.91 Å². The molecule has 0 fully saturated rings. The van der Waals surface area contributed by atoms with Gasteiger partial charge >= 0.3 is 0 Å². The van der Waals surface area contributed by atoms with E-state index < -0.39 is 11.9 Å². The minimum absolute atomic E-state index is 0.0429. The lowest BCUT2D eigenvalue weighted by Gasteiger charge is -2.18. The minimum Gasteiger partial charge on any atom is -0.393 e. The molecular formula is C12H15BrFNO2. The van der Waals surface area contributed by atoms with Crippen molar-refractivity contribution in [1.29, 1.82) is 0 Å². The zero-order valence-corrected chi connectivity index (χ0v) is 11.4. The number of benzene rings is 1. The second kappa shape index (κ2) is 6.12. The minimum atomic E-state index is -0.548. The average molecular weight is 304 g/mol. The van der Waals surface area contributed by atoms with Gasteiger partial charge in [-0.25, -0.2) is 4.39 Å². The van der Waals surface area contributed by atoms with Crippen molar-refractivity contribution < 1.29 is 14.3 Å². The van der Waals surface area contributed by atoms with Crippen LogP contribution in [-0.4, -0.2) is 35.6 Å². The van der Waals surface area contributed by atoms with Gasteiger partial charge in [0, 0.05) is 18.1 Å². The van der Waals surface area contributed by atoms with Crippen LogP contribution in [0.1, 0.15) is 23.7 Å². The van der Waals surface area contributed by atoms with Crippen LogP contribution in [0.4, 0.5) is 4.39 Å². The molecule has 1 aromatic rings. The van der Waals surface area contributed by atoms with Gasteiger partial charge in [0.05, 0.1) is 11.7 Å².